The van der Waals surface area contributed by atoms with Crippen molar-refractivity contribution in [1.29, 1.82) is 0 Å². The molecule has 164 valence electrons. The van der Waals surface area contributed by atoms with Crippen molar-refractivity contribution < 1.29 is 19.7 Å². The molecular weight excluding hydrogens is 418 g/mol. The van der Waals surface area contributed by atoms with Crippen molar-refractivity contribution in [3.8, 4) is 0 Å². The fourth-order valence-electron chi connectivity index (χ4n) is 3.42. The molecule has 1 amide bonds. The number of aromatic nitrogens is 4. The highest BCUT2D eigenvalue weighted by Crippen LogP contribution is 2.33. The summed E-state index contributed by atoms with van der Waals surface area (Å²) in [6.07, 6.45) is -0.686. The Balaban J connectivity index is 1.54. The lowest BCUT2D eigenvalue weighted by Gasteiger charge is -2.16. The molecule has 31 heavy (non-hydrogen) atoms. The topological polar surface area (TPSA) is 122 Å². The number of anilines is 1. The summed E-state index contributed by atoms with van der Waals surface area (Å²) in [6, 6.07) is 8.79. The quantitative estimate of drug-likeness (QED) is 0.507. The van der Waals surface area contributed by atoms with Crippen molar-refractivity contribution in [2.75, 3.05) is 16.8 Å². The van der Waals surface area contributed by atoms with Gasteiger partial charge in [0.15, 0.2) is 23.2 Å². The second kappa shape index (κ2) is 9.31. The van der Waals surface area contributed by atoms with Gasteiger partial charge in [0, 0.05) is 11.3 Å². The minimum absolute atomic E-state index is 0.259. The van der Waals surface area contributed by atoms with Crippen LogP contribution in [0.3, 0.4) is 0 Å². The summed E-state index contributed by atoms with van der Waals surface area (Å²) >= 11 is 1.68. The van der Waals surface area contributed by atoms with Crippen LogP contribution in [0, 0.1) is 5.92 Å². The Morgan fingerprint density at radius 2 is 1.97 bits per heavy atom. The summed E-state index contributed by atoms with van der Waals surface area (Å²) in [5.41, 5.74) is 1.26. The zero-order chi connectivity index (χ0) is 22.0. The summed E-state index contributed by atoms with van der Waals surface area (Å²) in [6.45, 7) is 4.25. The van der Waals surface area contributed by atoms with Gasteiger partial charge < -0.3 is 20.3 Å². The number of benzene rings is 1. The summed E-state index contributed by atoms with van der Waals surface area (Å²) in [4.78, 5) is 25.2. The van der Waals surface area contributed by atoms with Gasteiger partial charge in [0.1, 0.15) is 18.5 Å². The first-order chi connectivity index (χ1) is 15.0. The maximum Gasteiger partial charge on any atom is 0.256 e. The molecule has 3 N–H and O–H groups in total. The first-order valence-corrected chi connectivity index (χ1v) is 11.2. The van der Waals surface area contributed by atoms with E-state index in [4.69, 9.17) is 4.74 Å². The Morgan fingerprint density at radius 1 is 1.19 bits per heavy atom. The van der Waals surface area contributed by atoms with E-state index in [1.54, 1.807) is 40.6 Å². The lowest BCUT2D eigenvalue weighted by molar-refractivity contribution is -0.0289. The Hall–Kier alpha value is -2.53. The number of hydrogen-bond donors (Lipinski definition) is 3. The number of nitrogens with zero attached hydrogens (tertiary/aromatic N) is 4. The molecule has 9 nitrogen and oxygen atoms in total. The van der Waals surface area contributed by atoms with Gasteiger partial charge in [-0.05, 0) is 23.8 Å². The maximum atomic E-state index is 12.5. The van der Waals surface area contributed by atoms with E-state index in [9.17, 15) is 15.0 Å². The second-order valence-electron chi connectivity index (χ2n) is 7.84. The number of aliphatic hydroxyl groups is 2. The van der Waals surface area contributed by atoms with Crippen molar-refractivity contribution in [2.24, 2.45) is 5.92 Å². The molecule has 2 aromatic heterocycles. The molecule has 3 aromatic rings. The monoisotopic (exact) mass is 443 g/mol. The van der Waals surface area contributed by atoms with Gasteiger partial charge in [-0.1, -0.05) is 32.0 Å². The zero-order valence-electron chi connectivity index (χ0n) is 17.3. The molecule has 0 spiro atoms. The molecule has 1 aliphatic rings. The highest BCUT2D eigenvalue weighted by Gasteiger charge is 2.44. The molecule has 0 unspecified atom stereocenters. The normalized spacial score (nSPS) is 23.5. The van der Waals surface area contributed by atoms with Crippen LogP contribution < -0.4 is 5.32 Å². The van der Waals surface area contributed by atoms with Crippen LogP contribution in [0.5, 0.6) is 0 Å². The van der Waals surface area contributed by atoms with Crippen molar-refractivity contribution >= 4 is 34.7 Å². The number of hydrogen-bond acceptors (Lipinski definition) is 8. The molecule has 1 fully saturated rings. The number of carbonyl (C=O) groups is 1. The number of fused-ring (bicyclic) bond motifs is 1. The minimum atomic E-state index is -1.13. The van der Waals surface area contributed by atoms with Crippen molar-refractivity contribution in [3.63, 3.8) is 0 Å². The fraction of sp³-hybridized carbons (Fsp3) is 0.429. The minimum Gasteiger partial charge on any atom is -0.387 e. The van der Waals surface area contributed by atoms with Crippen LogP contribution in [0.4, 0.5) is 5.82 Å². The highest BCUT2D eigenvalue weighted by atomic mass is 32.2. The smallest absolute Gasteiger partial charge is 0.256 e. The summed E-state index contributed by atoms with van der Waals surface area (Å²) < 4.78 is 7.53. The van der Waals surface area contributed by atoms with E-state index in [-0.39, 0.29) is 11.7 Å². The molecule has 4 atom stereocenters. The van der Waals surface area contributed by atoms with Crippen LogP contribution >= 0.6 is 11.8 Å². The molecule has 1 aromatic carbocycles. The number of carbonyl (C=O) groups excluding carboxylic acids is 1. The van der Waals surface area contributed by atoms with E-state index in [1.807, 2.05) is 6.07 Å². The maximum absolute atomic E-state index is 12.5. The summed E-state index contributed by atoms with van der Waals surface area (Å²) in [5.74, 6) is 1.99. The lowest BCUT2D eigenvalue weighted by atomic mass is 10.1. The van der Waals surface area contributed by atoms with E-state index in [1.165, 1.54) is 12.7 Å². The zero-order valence-corrected chi connectivity index (χ0v) is 18.1. The average Bonchev–Trinajstić information content (AvgIpc) is 3.31. The number of nitrogens with one attached hydrogen (secondary N) is 1. The first-order valence-electron chi connectivity index (χ1n) is 10.1. The largest absolute Gasteiger partial charge is 0.387 e. The van der Waals surface area contributed by atoms with Gasteiger partial charge in [0.05, 0.1) is 12.4 Å². The van der Waals surface area contributed by atoms with E-state index in [0.717, 1.165) is 5.75 Å². The highest BCUT2D eigenvalue weighted by molar-refractivity contribution is 7.99. The van der Waals surface area contributed by atoms with Gasteiger partial charge in [-0.15, -0.1) is 0 Å². The van der Waals surface area contributed by atoms with Crippen LogP contribution in [-0.4, -0.2) is 65.5 Å². The van der Waals surface area contributed by atoms with Gasteiger partial charge >= 0.3 is 0 Å². The van der Waals surface area contributed by atoms with Gasteiger partial charge in [-0.2, -0.15) is 11.8 Å². The first kappa shape index (κ1) is 21.7. The third-order valence-electron chi connectivity index (χ3n) is 4.97. The SMILES string of the molecule is CC(C)CSC[C@H]1O[C@@H](n2cnc3c(NC(=O)c4ccccc4)ncnc32)[C@H](O)[C@@H]1O. The van der Waals surface area contributed by atoms with Crippen molar-refractivity contribution in [3.05, 3.63) is 48.5 Å². The molecule has 0 radical (unpaired) electrons. The number of rotatable bonds is 7. The number of amides is 1. The third kappa shape index (κ3) is 4.57. The van der Waals surface area contributed by atoms with Gasteiger partial charge in [-0.25, -0.2) is 15.0 Å². The summed E-state index contributed by atoms with van der Waals surface area (Å²) in [7, 11) is 0. The Bertz CT molecular complexity index is 1040. The predicted molar refractivity (Wildman–Crippen MR) is 118 cm³/mol. The van der Waals surface area contributed by atoms with Crippen LogP contribution in [-0.2, 0) is 4.74 Å². The van der Waals surface area contributed by atoms with E-state index < -0.39 is 24.5 Å². The van der Waals surface area contributed by atoms with Gasteiger partial charge in [-0.3, -0.25) is 9.36 Å². The molecule has 10 heteroatoms. The fourth-order valence-corrected chi connectivity index (χ4v) is 4.53. The van der Waals surface area contributed by atoms with Crippen molar-refractivity contribution in [2.45, 2.75) is 38.4 Å². The second-order valence-corrected chi connectivity index (χ2v) is 8.92. The van der Waals surface area contributed by atoms with Crippen LogP contribution in [0.2, 0.25) is 0 Å². The van der Waals surface area contributed by atoms with E-state index in [0.29, 0.717) is 28.4 Å². The Kier molecular flexibility index (Phi) is 6.51. The van der Waals surface area contributed by atoms with E-state index in [2.05, 4.69) is 34.1 Å². The molecular formula is C21H25N5O4S. The molecule has 0 saturated carbocycles. The van der Waals surface area contributed by atoms with Crippen LogP contribution in [0.25, 0.3) is 11.2 Å². The van der Waals surface area contributed by atoms with Gasteiger partial charge in [0.2, 0.25) is 0 Å². The van der Waals surface area contributed by atoms with Crippen molar-refractivity contribution in [1.82, 2.24) is 19.5 Å². The Labute approximate surface area is 183 Å². The third-order valence-corrected chi connectivity index (χ3v) is 6.44. The predicted octanol–water partition coefficient (Wildman–Crippen LogP) is 2.09. The van der Waals surface area contributed by atoms with Gasteiger partial charge in [0.25, 0.3) is 5.91 Å². The number of thioether (sulfide) groups is 1. The lowest BCUT2D eigenvalue weighted by Crippen LogP contribution is -2.32. The molecule has 4 rings (SSSR count). The average molecular weight is 444 g/mol. The Morgan fingerprint density at radius 3 is 2.71 bits per heavy atom. The summed E-state index contributed by atoms with van der Waals surface area (Å²) in [5, 5.41) is 23.8. The number of ether oxygens (including phenoxy) is 1. The number of imidazole rings is 1. The molecule has 3 heterocycles. The van der Waals surface area contributed by atoms with E-state index >= 15 is 0 Å². The molecule has 0 aliphatic carbocycles. The molecule has 1 aliphatic heterocycles. The molecule has 0 bridgehead atoms. The standard InChI is InChI=1S/C21H25N5O4S/c1-12(2)8-31-9-14-16(27)17(28)21(30-14)26-11-24-15-18(22-10-23-19(15)26)25-20(29)13-6-4-3-5-7-13/h3-7,10-12,14,16-17,21,27-28H,8-9H2,1-2H3,(H,22,23,25,29)/t14-,16-,17-,21-/m1/s1. The molecule has 1 saturated heterocycles. The van der Waals surface area contributed by atoms with Crippen LogP contribution in [0.1, 0.15) is 30.4 Å². The number of aliphatic hydroxyl groups excluding tert-OH is 2. The van der Waals surface area contributed by atoms with Crippen LogP contribution in [0.15, 0.2) is 43.0 Å².